The molecule has 0 aliphatic carbocycles. The van der Waals surface area contributed by atoms with Gasteiger partial charge in [0.25, 0.3) is 0 Å². The van der Waals surface area contributed by atoms with Crippen LogP contribution in [0.3, 0.4) is 0 Å². The molecule has 0 bridgehead atoms. The zero-order chi connectivity index (χ0) is 12.7. The summed E-state index contributed by atoms with van der Waals surface area (Å²) < 4.78 is 4.46. The molecule has 0 fully saturated rings. The van der Waals surface area contributed by atoms with Gasteiger partial charge in [-0.25, -0.2) is 0 Å². The fourth-order valence-electron chi connectivity index (χ4n) is 1.38. The van der Waals surface area contributed by atoms with Crippen LogP contribution in [0.5, 0.6) is 0 Å². The van der Waals surface area contributed by atoms with Gasteiger partial charge in [0.15, 0.2) is 0 Å². The predicted octanol–water partition coefficient (Wildman–Crippen LogP) is 1.67. The molecule has 1 heterocycles. The minimum Gasteiger partial charge on any atom is -0.469 e. The predicted molar refractivity (Wildman–Crippen MR) is 67.0 cm³/mol. The van der Waals surface area contributed by atoms with Crippen molar-refractivity contribution in [3.8, 4) is 0 Å². The number of nitrogens with one attached hydrogen (secondary N) is 1. The van der Waals surface area contributed by atoms with E-state index in [2.05, 4.69) is 23.0 Å². The minimum atomic E-state index is -0.353. The third kappa shape index (κ3) is 4.99. The summed E-state index contributed by atoms with van der Waals surface area (Å²) in [5.74, 6) is -0.459. The second-order valence-electron chi connectivity index (χ2n) is 3.70. The van der Waals surface area contributed by atoms with Crippen molar-refractivity contribution in [2.24, 2.45) is 0 Å². The Hall–Kier alpha value is -1.36. The van der Waals surface area contributed by atoms with Crippen LogP contribution in [-0.4, -0.2) is 25.5 Å². The van der Waals surface area contributed by atoms with Crippen molar-refractivity contribution in [1.29, 1.82) is 0 Å². The van der Waals surface area contributed by atoms with E-state index in [9.17, 15) is 9.59 Å². The highest BCUT2D eigenvalue weighted by atomic mass is 32.1. The molecule has 0 unspecified atom stereocenters. The van der Waals surface area contributed by atoms with Crippen LogP contribution in [0.1, 0.15) is 23.3 Å². The van der Waals surface area contributed by atoms with E-state index in [0.29, 0.717) is 6.54 Å². The van der Waals surface area contributed by atoms with Gasteiger partial charge in [-0.1, -0.05) is 0 Å². The number of carbonyl (C=O) groups is 2. The molecule has 17 heavy (non-hydrogen) atoms. The van der Waals surface area contributed by atoms with Gasteiger partial charge in [0.05, 0.1) is 13.5 Å². The fraction of sp³-hybridized carbons (Fsp3) is 0.500. The summed E-state index contributed by atoms with van der Waals surface area (Å²) in [6, 6.07) is 2.07. The van der Waals surface area contributed by atoms with Gasteiger partial charge in [0.1, 0.15) is 0 Å². The number of rotatable bonds is 6. The number of methoxy groups -OCH3 is 1. The molecular formula is C12H17NO3S. The number of esters is 1. The summed E-state index contributed by atoms with van der Waals surface area (Å²) in [5.41, 5.74) is 1.26. The maximum absolute atomic E-state index is 11.4. The first-order valence-corrected chi connectivity index (χ1v) is 6.38. The number of aryl methyl sites for hydroxylation is 1. The van der Waals surface area contributed by atoms with Crippen molar-refractivity contribution in [2.45, 2.75) is 26.2 Å². The first-order chi connectivity index (χ1) is 8.13. The highest BCUT2D eigenvalue weighted by Gasteiger charge is 2.06. The molecule has 1 amide bonds. The van der Waals surface area contributed by atoms with Gasteiger partial charge in [-0.15, -0.1) is 11.3 Å². The highest BCUT2D eigenvalue weighted by Crippen LogP contribution is 2.15. The number of thiophene rings is 1. The smallest absolute Gasteiger partial charge is 0.306 e. The lowest BCUT2D eigenvalue weighted by Gasteiger charge is -2.04. The molecule has 0 aliphatic rings. The molecule has 0 spiro atoms. The normalized spacial score (nSPS) is 10.0. The highest BCUT2D eigenvalue weighted by molar-refractivity contribution is 7.10. The largest absolute Gasteiger partial charge is 0.469 e. The van der Waals surface area contributed by atoms with E-state index in [1.807, 2.05) is 5.38 Å². The zero-order valence-electron chi connectivity index (χ0n) is 10.1. The van der Waals surface area contributed by atoms with Crippen LogP contribution in [0, 0.1) is 6.92 Å². The Morgan fingerprint density at radius 2 is 2.18 bits per heavy atom. The van der Waals surface area contributed by atoms with Crippen LogP contribution >= 0.6 is 11.3 Å². The van der Waals surface area contributed by atoms with E-state index >= 15 is 0 Å². The Morgan fingerprint density at radius 3 is 2.76 bits per heavy atom. The number of hydrogen-bond acceptors (Lipinski definition) is 4. The summed E-state index contributed by atoms with van der Waals surface area (Å²) in [7, 11) is 1.32. The van der Waals surface area contributed by atoms with E-state index in [0.717, 1.165) is 6.42 Å². The summed E-state index contributed by atoms with van der Waals surface area (Å²) >= 11 is 1.70. The quantitative estimate of drug-likeness (QED) is 0.787. The van der Waals surface area contributed by atoms with E-state index in [4.69, 9.17) is 0 Å². The van der Waals surface area contributed by atoms with Crippen molar-refractivity contribution < 1.29 is 14.3 Å². The lowest BCUT2D eigenvalue weighted by atomic mass is 10.2. The molecule has 0 aliphatic heterocycles. The molecule has 1 aromatic rings. The van der Waals surface area contributed by atoms with Crippen molar-refractivity contribution in [1.82, 2.24) is 5.32 Å². The first kappa shape index (κ1) is 13.7. The summed E-state index contributed by atoms with van der Waals surface area (Å²) in [4.78, 5) is 23.5. The van der Waals surface area contributed by atoms with Gasteiger partial charge in [0, 0.05) is 17.8 Å². The van der Waals surface area contributed by atoms with E-state index < -0.39 is 0 Å². The van der Waals surface area contributed by atoms with Crippen LogP contribution in [0.25, 0.3) is 0 Å². The third-order valence-corrected chi connectivity index (χ3v) is 3.51. The van der Waals surface area contributed by atoms with Crippen molar-refractivity contribution in [3.05, 3.63) is 21.9 Å². The third-order valence-electron chi connectivity index (χ3n) is 2.43. The van der Waals surface area contributed by atoms with Crippen molar-refractivity contribution in [2.75, 3.05) is 13.7 Å². The van der Waals surface area contributed by atoms with Crippen LogP contribution < -0.4 is 5.32 Å². The lowest BCUT2D eigenvalue weighted by molar-refractivity contribution is -0.142. The van der Waals surface area contributed by atoms with Gasteiger partial charge in [-0.05, 0) is 30.4 Å². The SMILES string of the molecule is COC(=O)CCC(=O)NCCc1sccc1C. The van der Waals surface area contributed by atoms with Crippen LogP contribution in [0.15, 0.2) is 11.4 Å². The number of ether oxygens (including phenoxy) is 1. The van der Waals surface area contributed by atoms with Gasteiger partial charge in [-0.2, -0.15) is 0 Å². The molecule has 1 rings (SSSR count). The second-order valence-corrected chi connectivity index (χ2v) is 4.70. The summed E-state index contributed by atoms with van der Waals surface area (Å²) in [6.07, 6.45) is 1.17. The average molecular weight is 255 g/mol. The monoisotopic (exact) mass is 255 g/mol. The summed E-state index contributed by atoms with van der Waals surface area (Å²) in [5, 5.41) is 4.83. The molecule has 4 nitrogen and oxygen atoms in total. The molecule has 1 N–H and O–H groups in total. The topological polar surface area (TPSA) is 55.4 Å². The fourth-order valence-corrected chi connectivity index (χ4v) is 2.29. The Bertz CT molecular complexity index is 387. The van der Waals surface area contributed by atoms with Crippen molar-refractivity contribution in [3.63, 3.8) is 0 Å². The zero-order valence-corrected chi connectivity index (χ0v) is 10.9. The molecule has 0 radical (unpaired) electrons. The van der Waals surface area contributed by atoms with E-state index in [-0.39, 0.29) is 24.7 Å². The van der Waals surface area contributed by atoms with E-state index in [1.54, 1.807) is 11.3 Å². The Balaban J connectivity index is 2.16. The van der Waals surface area contributed by atoms with Gasteiger partial charge < -0.3 is 10.1 Å². The first-order valence-electron chi connectivity index (χ1n) is 5.50. The average Bonchev–Trinajstić information content (AvgIpc) is 2.72. The second kappa shape index (κ2) is 7.06. The number of carbonyl (C=O) groups excluding carboxylic acids is 2. The Morgan fingerprint density at radius 1 is 1.41 bits per heavy atom. The number of amides is 1. The Kier molecular flexibility index (Phi) is 5.69. The van der Waals surface area contributed by atoms with Crippen LogP contribution in [-0.2, 0) is 20.7 Å². The molecule has 5 heteroatoms. The molecule has 0 atom stereocenters. The standard InChI is InChI=1S/C12H17NO3S/c1-9-6-8-17-10(9)5-7-13-11(14)3-4-12(15)16-2/h6,8H,3-5,7H2,1-2H3,(H,13,14). The van der Waals surface area contributed by atoms with E-state index in [1.165, 1.54) is 17.6 Å². The molecule has 1 aromatic heterocycles. The number of hydrogen-bond donors (Lipinski definition) is 1. The van der Waals surface area contributed by atoms with Crippen LogP contribution in [0.4, 0.5) is 0 Å². The molecule has 94 valence electrons. The van der Waals surface area contributed by atoms with Gasteiger partial charge >= 0.3 is 5.97 Å². The van der Waals surface area contributed by atoms with Crippen molar-refractivity contribution >= 4 is 23.2 Å². The minimum absolute atomic E-state index is 0.107. The molecular weight excluding hydrogens is 238 g/mol. The molecule has 0 aromatic carbocycles. The maximum atomic E-state index is 11.4. The molecule has 0 saturated heterocycles. The van der Waals surface area contributed by atoms with Gasteiger partial charge in [-0.3, -0.25) is 9.59 Å². The summed E-state index contributed by atoms with van der Waals surface area (Å²) in [6.45, 7) is 2.67. The Labute approximate surface area is 105 Å². The molecule has 0 saturated carbocycles. The van der Waals surface area contributed by atoms with Gasteiger partial charge in [0.2, 0.25) is 5.91 Å². The lowest BCUT2D eigenvalue weighted by Crippen LogP contribution is -2.26. The van der Waals surface area contributed by atoms with Crippen LogP contribution in [0.2, 0.25) is 0 Å². The maximum Gasteiger partial charge on any atom is 0.306 e.